The Kier molecular flexibility index (Phi) is 3.81. The van der Waals surface area contributed by atoms with Crippen LogP contribution in [0.5, 0.6) is 0 Å². The lowest BCUT2D eigenvalue weighted by Gasteiger charge is -2.55. The van der Waals surface area contributed by atoms with E-state index in [2.05, 4.69) is 19.2 Å². The van der Waals surface area contributed by atoms with E-state index in [0.717, 1.165) is 38.3 Å². The maximum atomic E-state index is 11.2. The molecule has 0 aromatic rings. The van der Waals surface area contributed by atoms with Crippen LogP contribution >= 0.6 is 0 Å². The number of aliphatic hydroxyl groups is 1. The summed E-state index contributed by atoms with van der Waals surface area (Å²) in [5.74, 6) is 1.11. The van der Waals surface area contributed by atoms with Crippen molar-refractivity contribution in [2.75, 3.05) is 19.6 Å². The summed E-state index contributed by atoms with van der Waals surface area (Å²) in [6.07, 6.45) is 5.51. The first-order valence-corrected chi connectivity index (χ1v) is 7.17. The third-order valence-corrected chi connectivity index (χ3v) is 5.49. The number of nitrogens with two attached hydrogens (primary N) is 1. The van der Waals surface area contributed by atoms with Gasteiger partial charge in [-0.2, -0.15) is 0 Å². The lowest BCUT2D eigenvalue weighted by atomic mass is 9.56. The van der Waals surface area contributed by atoms with E-state index in [-0.39, 0.29) is 5.41 Å². The van der Waals surface area contributed by atoms with Crippen LogP contribution in [0.4, 0.5) is 0 Å². The molecule has 3 heteroatoms. The minimum Gasteiger partial charge on any atom is -0.389 e. The first kappa shape index (κ1) is 13.3. The number of hydrogen-bond donors (Lipinski definition) is 3. The molecule has 2 aliphatic rings. The van der Waals surface area contributed by atoms with Crippen LogP contribution < -0.4 is 11.1 Å². The molecule has 0 spiro atoms. The SMILES string of the molecule is CC1CCC(CN)(C2(O)CCNCC2C)CC1. The van der Waals surface area contributed by atoms with Gasteiger partial charge < -0.3 is 16.2 Å². The number of rotatable bonds is 2. The fourth-order valence-corrected chi connectivity index (χ4v) is 3.93. The monoisotopic (exact) mass is 240 g/mol. The fraction of sp³-hybridized carbons (Fsp3) is 1.00. The van der Waals surface area contributed by atoms with Crippen molar-refractivity contribution in [3.8, 4) is 0 Å². The zero-order valence-electron chi connectivity index (χ0n) is 11.3. The molecule has 2 unspecified atom stereocenters. The maximum Gasteiger partial charge on any atom is 0.0765 e. The normalized spacial score (nSPS) is 48.0. The summed E-state index contributed by atoms with van der Waals surface area (Å²) >= 11 is 0. The molecule has 0 bridgehead atoms. The molecule has 3 nitrogen and oxygen atoms in total. The van der Waals surface area contributed by atoms with Crippen molar-refractivity contribution in [3.05, 3.63) is 0 Å². The van der Waals surface area contributed by atoms with Gasteiger partial charge in [-0.05, 0) is 37.6 Å². The smallest absolute Gasteiger partial charge is 0.0765 e. The van der Waals surface area contributed by atoms with Gasteiger partial charge in [-0.1, -0.05) is 26.7 Å². The third-order valence-electron chi connectivity index (χ3n) is 5.49. The van der Waals surface area contributed by atoms with E-state index in [1.165, 1.54) is 12.8 Å². The zero-order valence-corrected chi connectivity index (χ0v) is 11.3. The first-order chi connectivity index (χ1) is 8.04. The first-order valence-electron chi connectivity index (χ1n) is 7.17. The van der Waals surface area contributed by atoms with Crippen LogP contribution in [-0.2, 0) is 0 Å². The lowest BCUT2D eigenvalue weighted by Crippen LogP contribution is -2.62. The second kappa shape index (κ2) is 4.87. The van der Waals surface area contributed by atoms with Crippen LogP contribution in [0.15, 0.2) is 0 Å². The van der Waals surface area contributed by atoms with E-state index >= 15 is 0 Å². The van der Waals surface area contributed by atoms with Crippen LogP contribution in [0, 0.1) is 17.3 Å². The molecule has 4 N–H and O–H groups in total. The van der Waals surface area contributed by atoms with Gasteiger partial charge in [0.2, 0.25) is 0 Å². The zero-order chi connectivity index (χ0) is 12.5. The summed E-state index contributed by atoms with van der Waals surface area (Å²) in [6, 6.07) is 0. The highest BCUT2D eigenvalue weighted by molar-refractivity contribution is 5.06. The Labute approximate surface area is 105 Å². The molecule has 2 rings (SSSR count). The molecular formula is C14H28N2O. The van der Waals surface area contributed by atoms with Gasteiger partial charge in [-0.15, -0.1) is 0 Å². The minimum absolute atomic E-state index is 0.0268. The Morgan fingerprint density at radius 2 is 1.88 bits per heavy atom. The minimum atomic E-state index is -0.548. The van der Waals surface area contributed by atoms with Gasteiger partial charge in [0.1, 0.15) is 0 Å². The number of nitrogens with one attached hydrogen (secondary N) is 1. The molecule has 0 aromatic heterocycles. The standard InChI is InChI=1S/C14H28N2O/c1-11-3-5-13(10-15,6-4-11)14(17)7-8-16-9-12(14)2/h11-12,16-17H,3-10,15H2,1-2H3. The van der Waals surface area contributed by atoms with Gasteiger partial charge in [0.25, 0.3) is 0 Å². The summed E-state index contributed by atoms with van der Waals surface area (Å²) < 4.78 is 0. The average Bonchev–Trinajstić information content (AvgIpc) is 2.34. The molecule has 1 saturated carbocycles. The highest BCUT2D eigenvalue weighted by Crippen LogP contribution is 2.50. The largest absolute Gasteiger partial charge is 0.389 e. The van der Waals surface area contributed by atoms with E-state index in [9.17, 15) is 5.11 Å². The Hall–Kier alpha value is -0.120. The summed E-state index contributed by atoms with van der Waals surface area (Å²) in [5.41, 5.74) is 5.51. The van der Waals surface area contributed by atoms with Gasteiger partial charge in [0.05, 0.1) is 5.60 Å². The maximum absolute atomic E-state index is 11.2. The fourth-order valence-electron chi connectivity index (χ4n) is 3.93. The summed E-state index contributed by atoms with van der Waals surface area (Å²) in [6.45, 7) is 6.98. The van der Waals surface area contributed by atoms with E-state index in [0.29, 0.717) is 12.5 Å². The molecule has 2 atom stereocenters. The topological polar surface area (TPSA) is 58.3 Å². The number of piperidine rings is 1. The van der Waals surface area contributed by atoms with Crippen LogP contribution in [0.25, 0.3) is 0 Å². The summed E-state index contributed by atoms with van der Waals surface area (Å²) in [7, 11) is 0. The van der Waals surface area contributed by atoms with E-state index < -0.39 is 5.60 Å². The second-order valence-corrected chi connectivity index (χ2v) is 6.45. The molecule has 0 amide bonds. The van der Waals surface area contributed by atoms with Crippen LogP contribution in [0.2, 0.25) is 0 Å². The molecule has 0 aromatic carbocycles. The van der Waals surface area contributed by atoms with Gasteiger partial charge in [0.15, 0.2) is 0 Å². The van der Waals surface area contributed by atoms with Crippen molar-refractivity contribution >= 4 is 0 Å². The van der Waals surface area contributed by atoms with Gasteiger partial charge in [-0.3, -0.25) is 0 Å². The quantitative estimate of drug-likeness (QED) is 0.685. The molecule has 1 aliphatic heterocycles. The average molecular weight is 240 g/mol. The second-order valence-electron chi connectivity index (χ2n) is 6.45. The van der Waals surface area contributed by atoms with Gasteiger partial charge in [-0.25, -0.2) is 0 Å². The summed E-state index contributed by atoms with van der Waals surface area (Å²) in [4.78, 5) is 0. The van der Waals surface area contributed by atoms with Crippen LogP contribution in [-0.4, -0.2) is 30.3 Å². The molecule has 17 heavy (non-hydrogen) atoms. The van der Waals surface area contributed by atoms with Gasteiger partial charge in [0, 0.05) is 18.5 Å². The molecule has 1 heterocycles. The molecular weight excluding hydrogens is 212 g/mol. The van der Waals surface area contributed by atoms with Crippen molar-refractivity contribution in [3.63, 3.8) is 0 Å². The molecule has 2 fully saturated rings. The van der Waals surface area contributed by atoms with Crippen LogP contribution in [0.3, 0.4) is 0 Å². The third kappa shape index (κ3) is 2.13. The highest BCUT2D eigenvalue weighted by Gasteiger charge is 2.53. The highest BCUT2D eigenvalue weighted by atomic mass is 16.3. The predicted octanol–water partition coefficient (Wildman–Crippen LogP) is 1.50. The van der Waals surface area contributed by atoms with E-state index in [1.807, 2.05) is 0 Å². The Bertz CT molecular complexity index is 261. The predicted molar refractivity (Wildman–Crippen MR) is 70.7 cm³/mol. The Morgan fingerprint density at radius 1 is 1.24 bits per heavy atom. The van der Waals surface area contributed by atoms with Crippen molar-refractivity contribution in [1.82, 2.24) is 5.32 Å². The van der Waals surface area contributed by atoms with E-state index in [4.69, 9.17) is 5.73 Å². The Morgan fingerprint density at radius 3 is 2.41 bits per heavy atom. The van der Waals surface area contributed by atoms with Crippen molar-refractivity contribution in [2.45, 2.75) is 51.6 Å². The van der Waals surface area contributed by atoms with Crippen molar-refractivity contribution in [1.29, 1.82) is 0 Å². The number of hydrogen-bond acceptors (Lipinski definition) is 3. The Balaban J connectivity index is 2.21. The molecule has 100 valence electrons. The molecule has 1 saturated heterocycles. The lowest BCUT2D eigenvalue weighted by molar-refractivity contribution is -0.151. The van der Waals surface area contributed by atoms with Crippen molar-refractivity contribution in [2.24, 2.45) is 23.0 Å². The van der Waals surface area contributed by atoms with Gasteiger partial charge >= 0.3 is 0 Å². The van der Waals surface area contributed by atoms with Crippen LogP contribution in [0.1, 0.15) is 46.0 Å². The summed E-state index contributed by atoms with van der Waals surface area (Å²) in [5, 5.41) is 14.6. The van der Waals surface area contributed by atoms with E-state index in [1.54, 1.807) is 0 Å². The van der Waals surface area contributed by atoms with Crippen molar-refractivity contribution < 1.29 is 5.11 Å². The molecule has 1 aliphatic carbocycles. The molecule has 0 radical (unpaired) electrons.